The fourth-order valence-corrected chi connectivity index (χ4v) is 3.26. The lowest BCUT2D eigenvalue weighted by Crippen LogP contribution is -2.36. The molecule has 7 heteroatoms. The number of hydrogen-bond donors (Lipinski definition) is 1. The van der Waals surface area contributed by atoms with E-state index >= 15 is 0 Å². The maximum atomic E-state index is 12.0. The van der Waals surface area contributed by atoms with Gasteiger partial charge in [-0.25, -0.2) is 4.68 Å². The fraction of sp³-hybridized carbons (Fsp3) is 0.500. The summed E-state index contributed by atoms with van der Waals surface area (Å²) in [7, 11) is 1.89. The van der Waals surface area contributed by atoms with Crippen LogP contribution in [0.2, 0.25) is 0 Å². The Morgan fingerprint density at radius 2 is 1.97 bits per heavy atom. The Bertz CT molecular complexity index is 889. The van der Waals surface area contributed by atoms with Crippen molar-refractivity contribution in [3.05, 3.63) is 47.3 Å². The van der Waals surface area contributed by atoms with Crippen LogP contribution in [0.4, 0.5) is 0 Å². The molecule has 6 nitrogen and oxygen atoms in total. The average Bonchev–Trinajstić information content (AvgIpc) is 2.95. The van der Waals surface area contributed by atoms with Crippen molar-refractivity contribution >= 4 is 18.1 Å². The van der Waals surface area contributed by atoms with Crippen molar-refractivity contribution in [2.45, 2.75) is 52.7 Å². The monoisotopic (exact) mass is 415 g/mol. The van der Waals surface area contributed by atoms with Crippen molar-refractivity contribution in [2.24, 2.45) is 0 Å². The standard InChI is InChI=1S/C22H33N5OS/c1-7-13-23-19(28)15-25(6)16-27-21(29)26(14-8-2)20(24-27)17-9-11-18(12-10-17)22(3,4)5/h8-12H,2,7,13-16H2,1,3-6H3,(H,23,28). The van der Waals surface area contributed by atoms with Crippen LogP contribution in [0.1, 0.15) is 39.7 Å². The van der Waals surface area contributed by atoms with Crippen LogP contribution in [-0.2, 0) is 23.4 Å². The minimum absolute atomic E-state index is 0.00406. The van der Waals surface area contributed by atoms with E-state index in [0.29, 0.717) is 31.1 Å². The number of aromatic nitrogens is 3. The highest BCUT2D eigenvalue weighted by molar-refractivity contribution is 7.71. The molecule has 0 saturated heterocycles. The summed E-state index contributed by atoms with van der Waals surface area (Å²) in [6.45, 7) is 14.5. The molecule has 0 saturated carbocycles. The fourth-order valence-electron chi connectivity index (χ4n) is 3.00. The van der Waals surface area contributed by atoms with Crippen LogP contribution in [-0.4, -0.2) is 45.3 Å². The van der Waals surface area contributed by atoms with Crippen LogP contribution in [0, 0.1) is 4.77 Å². The van der Waals surface area contributed by atoms with Gasteiger partial charge in [-0.15, -0.1) is 6.58 Å². The Kier molecular flexibility index (Phi) is 7.93. The Labute approximate surface area is 179 Å². The number of nitrogens with zero attached hydrogens (tertiary/aromatic N) is 4. The van der Waals surface area contributed by atoms with Gasteiger partial charge in [-0.05, 0) is 36.7 Å². The zero-order valence-corrected chi connectivity index (χ0v) is 19.1. The molecule has 158 valence electrons. The van der Waals surface area contributed by atoms with Gasteiger partial charge in [0.25, 0.3) is 0 Å². The molecule has 0 atom stereocenters. The second kappa shape index (κ2) is 9.98. The van der Waals surface area contributed by atoms with Crippen LogP contribution < -0.4 is 5.32 Å². The zero-order chi connectivity index (χ0) is 21.6. The zero-order valence-electron chi connectivity index (χ0n) is 18.2. The number of rotatable bonds is 9. The Hall–Kier alpha value is -2.25. The lowest BCUT2D eigenvalue weighted by atomic mass is 9.87. The first-order chi connectivity index (χ1) is 13.7. The molecule has 0 radical (unpaired) electrons. The third kappa shape index (κ3) is 6.11. The topological polar surface area (TPSA) is 55.1 Å². The van der Waals surface area contributed by atoms with Crippen molar-refractivity contribution < 1.29 is 4.79 Å². The van der Waals surface area contributed by atoms with Gasteiger partial charge in [-0.2, -0.15) is 5.10 Å². The quantitative estimate of drug-likeness (QED) is 0.497. The van der Waals surface area contributed by atoms with Crippen LogP contribution in [0.3, 0.4) is 0 Å². The first-order valence-electron chi connectivity index (χ1n) is 10.0. The van der Waals surface area contributed by atoms with Crippen molar-refractivity contribution in [3.8, 4) is 11.4 Å². The number of amides is 1. The molecule has 29 heavy (non-hydrogen) atoms. The van der Waals surface area contributed by atoms with E-state index < -0.39 is 0 Å². The Morgan fingerprint density at radius 1 is 1.31 bits per heavy atom. The molecule has 0 unspecified atom stereocenters. The summed E-state index contributed by atoms with van der Waals surface area (Å²) >= 11 is 5.65. The molecular formula is C22H33N5OS. The predicted octanol–water partition coefficient (Wildman–Crippen LogP) is 3.98. The molecule has 1 heterocycles. The number of hydrogen-bond acceptors (Lipinski definition) is 4. The number of carbonyl (C=O) groups excluding carboxylic acids is 1. The van der Waals surface area contributed by atoms with Crippen molar-refractivity contribution in [1.29, 1.82) is 0 Å². The molecule has 1 aromatic carbocycles. The number of benzene rings is 1. The molecule has 0 bridgehead atoms. The summed E-state index contributed by atoms with van der Waals surface area (Å²) < 4.78 is 4.35. The Morgan fingerprint density at radius 3 is 2.52 bits per heavy atom. The van der Waals surface area contributed by atoms with Gasteiger partial charge < -0.3 is 5.32 Å². The molecule has 1 aromatic heterocycles. The molecule has 2 aromatic rings. The molecule has 0 aliphatic rings. The van der Waals surface area contributed by atoms with Crippen molar-refractivity contribution in [1.82, 2.24) is 24.6 Å². The van der Waals surface area contributed by atoms with E-state index in [0.717, 1.165) is 17.8 Å². The smallest absolute Gasteiger partial charge is 0.234 e. The van der Waals surface area contributed by atoms with E-state index in [1.54, 1.807) is 4.68 Å². The summed E-state index contributed by atoms with van der Waals surface area (Å²) in [4.78, 5) is 13.9. The minimum Gasteiger partial charge on any atom is -0.355 e. The van der Waals surface area contributed by atoms with E-state index in [4.69, 9.17) is 17.3 Å². The lowest BCUT2D eigenvalue weighted by molar-refractivity contribution is -0.122. The molecule has 0 fully saturated rings. The maximum absolute atomic E-state index is 12.0. The van der Waals surface area contributed by atoms with Crippen LogP contribution in [0.5, 0.6) is 0 Å². The summed E-state index contributed by atoms with van der Waals surface area (Å²) in [5.41, 5.74) is 2.37. The van der Waals surface area contributed by atoms with Gasteiger partial charge in [0, 0.05) is 18.7 Å². The van der Waals surface area contributed by atoms with Gasteiger partial charge in [0.05, 0.1) is 13.2 Å². The van der Waals surface area contributed by atoms with Gasteiger partial charge in [-0.3, -0.25) is 14.3 Å². The largest absolute Gasteiger partial charge is 0.355 e. The van der Waals surface area contributed by atoms with Gasteiger partial charge in [0.2, 0.25) is 5.91 Å². The third-order valence-corrected chi connectivity index (χ3v) is 5.04. The molecule has 1 N–H and O–H groups in total. The third-order valence-electron chi connectivity index (χ3n) is 4.60. The van der Waals surface area contributed by atoms with Crippen LogP contribution in [0.15, 0.2) is 36.9 Å². The van der Waals surface area contributed by atoms with Crippen LogP contribution in [0.25, 0.3) is 11.4 Å². The number of nitrogens with one attached hydrogen (secondary N) is 1. The highest BCUT2D eigenvalue weighted by Crippen LogP contribution is 2.26. The predicted molar refractivity (Wildman–Crippen MR) is 121 cm³/mol. The van der Waals surface area contributed by atoms with Crippen LogP contribution >= 0.6 is 12.2 Å². The first-order valence-corrected chi connectivity index (χ1v) is 10.4. The summed E-state index contributed by atoms with van der Waals surface area (Å²) in [6, 6.07) is 8.45. The van der Waals surface area contributed by atoms with Gasteiger partial charge >= 0.3 is 0 Å². The number of carbonyl (C=O) groups is 1. The van der Waals surface area contributed by atoms with Crippen molar-refractivity contribution in [2.75, 3.05) is 20.1 Å². The second-order valence-electron chi connectivity index (χ2n) is 8.34. The van der Waals surface area contributed by atoms with Gasteiger partial charge in [-0.1, -0.05) is 58.0 Å². The average molecular weight is 416 g/mol. The molecule has 0 aliphatic heterocycles. The molecule has 2 rings (SSSR count). The Balaban J connectivity index is 2.27. The van der Waals surface area contributed by atoms with E-state index in [2.05, 4.69) is 56.9 Å². The van der Waals surface area contributed by atoms with Gasteiger partial charge in [0.1, 0.15) is 0 Å². The minimum atomic E-state index is 0.00406. The number of allylic oxidation sites excluding steroid dienone is 1. The molecular weight excluding hydrogens is 382 g/mol. The molecule has 0 spiro atoms. The normalized spacial score (nSPS) is 11.7. The molecule has 1 amide bonds. The van der Waals surface area contributed by atoms with E-state index in [-0.39, 0.29) is 11.3 Å². The van der Waals surface area contributed by atoms with Gasteiger partial charge in [0.15, 0.2) is 10.6 Å². The maximum Gasteiger partial charge on any atom is 0.234 e. The number of likely N-dealkylation sites (N-methyl/N-ethyl adjacent to an activating group) is 1. The summed E-state index contributed by atoms with van der Waals surface area (Å²) in [6.07, 6.45) is 2.74. The second-order valence-corrected chi connectivity index (χ2v) is 8.70. The highest BCUT2D eigenvalue weighted by Gasteiger charge is 2.17. The van der Waals surface area contributed by atoms with Crippen molar-refractivity contribution in [3.63, 3.8) is 0 Å². The SMILES string of the molecule is C=CCn1c(-c2ccc(C(C)(C)C)cc2)nn(CN(C)CC(=O)NCCC)c1=S. The summed E-state index contributed by atoms with van der Waals surface area (Å²) in [5.74, 6) is 0.809. The summed E-state index contributed by atoms with van der Waals surface area (Å²) in [5, 5.41) is 7.64. The first kappa shape index (κ1) is 23.0. The van der Waals surface area contributed by atoms with E-state index in [1.807, 2.05) is 29.5 Å². The van der Waals surface area contributed by atoms with E-state index in [1.165, 1.54) is 5.56 Å². The van der Waals surface area contributed by atoms with E-state index in [9.17, 15) is 4.79 Å². The lowest BCUT2D eigenvalue weighted by Gasteiger charge is -2.19. The molecule has 0 aliphatic carbocycles. The highest BCUT2D eigenvalue weighted by atomic mass is 32.1.